The van der Waals surface area contributed by atoms with Gasteiger partial charge in [0.1, 0.15) is 0 Å². The summed E-state index contributed by atoms with van der Waals surface area (Å²) >= 11 is 1.52. The first-order valence-corrected chi connectivity index (χ1v) is 8.18. The summed E-state index contributed by atoms with van der Waals surface area (Å²) in [5.74, 6) is 0.704. The van der Waals surface area contributed by atoms with Crippen LogP contribution < -0.4 is 0 Å². The minimum absolute atomic E-state index is 0.226. The molecule has 0 atom stereocenters. The molecule has 112 valence electrons. The van der Waals surface area contributed by atoms with E-state index >= 15 is 0 Å². The molecule has 6 heteroatoms. The average molecular weight is 296 g/mol. The van der Waals surface area contributed by atoms with Crippen LogP contribution in [0.3, 0.4) is 0 Å². The van der Waals surface area contributed by atoms with Crippen molar-refractivity contribution >= 4 is 17.7 Å². The highest BCUT2D eigenvalue weighted by Crippen LogP contribution is 2.16. The predicted octanol–water partition coefficient (Wildman–Crippen LogP) is 1.45. The smallest absolute Gasteiger partial charge is 0.233 e. The highest BCUT2D eigenvalue weighted by molar-refractivity contribution is 7.99. The summed E-state index contributed by atoms with van der Waals surface area (Å²) in [6.45, 7) is 8.23. The standard InChI is InChI=1S/C14H24N4OS/c1-12(2)17-6-4-7-18(10-9-17)13(19)11-20-14-15-5-8-16(14)3/h5,8,12H,4,6-7,9-11H2,1-3H3. The van der Waals surface area contributed by atoms with Crippen molar-refractivity contribution in [1.82, 2.24) is 19.4 Å². The number of nitrogens with zero attached hydrogens (tertiary/aromatic N) is 4. The van der Waals surface area contributed by atoms with Crippen LogP contribution in [-0.4, -0.2) is 63.2 Å². The molecule has 0 radical (unpaired) electrons. The SMILES string of the molecule is CC(C)N1CCCN(C(=O)CSc2nccn2C)CC1. The summed E-state index contributed by atoms with van der Waals surface area (Å²) in [5.41, 5.74) is 0. The first kappa shape index (κ1) is 15.4. The van der Waals surface area contributed by atoms with Crippen molar-refractivity contribution in [2.45, 2.75) is 31.5 Å². The lowest BCUT2D eigenvalue weighted by Gasteiger charge is -2.24. The molecule has 1 saturated heterocycles. The molecule has 1 fully saturated rings. The Hall–Kier alpha value is -1.01. The fourth-order valence-electron chi connectivity index (χ4n) is 2.41. The molecule has 1 aromatic rings. The minimum Gasteiger partial charge on any atom is -0.341 e. The van der Waals surface area contributed by atoms with E-state index in [0.717, 1.165) is 37.8 Å². The maximum absolute atomic E-state index is 12.3. The molecule has 20 heavy (non-hydrogen) atoms. The molecular formula is C14H24N4OS. The van der Waals surface area contributed by atoms with Gasteiger partial charge in [0.25, 0.3) is 0 Å². The molecule has 1 aliphatic rings. The van der Waals surface area contributed by atoms with Crippen molar-refractivity contribution < 1.29 is 4.79 Å². The van der Waals surface area contributed by atoms with Crippen molar-refractivity contribution in [2.24, 2.45) is 7.05 Å². The zero-order valence-electron chi connectivity index (χ0n) is 12.6. The van der Waals surface area contributed by atoms with E-state index in [-0.39, 0.29) is 5.91 Å². The normalized spacial score (nSPS) is 17.5. The van der Waals surface area contributed by atoms with Gasteiger partial charge in [-0.15, -0.1) is 0 Å². The Morgan fingerprint density at radius 2 is 2.15 bits per heavy atom. The van der Waals surface area contributed by atoms with E-state index in [9.17, 15) is 4.79 Å². The van der Waals surface area contributed by atoms with Crippen molar-refractivity contribution in [1.29, 1.82) is 0 Å². The Morgan fingerprint density at radius 3 is 2.80 bits per heavy atom. The third kappa shape index (κ3) is 3.99. The second kappa shape index (κ2) is 7.13. The van der Waals surface area contributed by atoms with Gasteiger partial charge >= 0.3 is 0 Å². The summed E-state index contributed by atoms with van der Waals surface area (Å²) in [7, 11) is 1.95. The van der Waals surface area contributed by atoms with E-state index in [1.54, 1.807) is 6.20 Å². The second-order valence-corrected chi connectivity index (χ2v) is 6.42. The summed E-state index contributed by atoms with van der Waals surface area (Å²) < 4.78 is 1.95. The highest BCUT2D eigenvalue weighted by atomic mass is 32.2. The van der Waals surface area contributed by atoms with Crippen LogP contribution in [0.5, 0.6) is 0 Å². The number of hydrogen-bond acceptors (Lipinski definition) is 4. The quantitative estimate of drug-likeness (QED) is 0.789. The molecule has 0 spiro atoms. The van der Waals surface area contributed by atoms with Crippen molar-refractivity contribution in [3.05, 3.63) is 12.4 Å². The first-order chi connectivity index (χ1) is 9.58. The predicted molar refractivity (Wildman–Crippen MR) is 81.8 cm³/mol. The van der Waals surface area contributed by atoms with Gasteiger partial charge in [-0.3, -0.25) is 9.69 Å². The molecule has 1 aliphatic heterocycles. The number of amides is 1. The summed E-state index contributed by atoms with van der Waals surface area (Å²) in [6, 6.07) is 0.562. The molecule has 0 aromatic carbocycles. The number of rotatable bonds is 4. The number of aromatic nitrogens is 2. The van der Waals surface area contributed by atoms with E-state index in [4.69, 9.17) is 0 Å². The van der Waals surface area contributed by atoms with Gasteiger partial charge in [-0.2, -0.15) is 0 Å². The molecular weight excluding hydrogens is 272 g/mol. The van der Waals surface area contributed by atoms with Crippen molar-refractivity contribution in [3.63, 3.8) is 0 Å². The van der Waals surface area contributed by atoms with Crippen LogP contribution in [0.1, 0.15) is 20.3 Å². The van der Waals surface area contributed by atoms with Crippen molar-refractivity contribution in [3.8, 4) is 0 Å². The van der Waals surface area contributed by atoms with Crippen LogP contribution in [0.2, 0.25) is 0 Å². The molecule has 5 nitrogen and oxygen atoms in total. The van der Waals surface area contributed by atoms with Crippen LogP contribution >= 0.6 is 11.8 Å². The van der Waals surface area contributed by atoms with Gasteiger partial charge < -0.3 is 9.47 Å². The Kier molecular flexibility index (Phi) is 5.48. The molecule has 0 N–H and O–H groups in total. The number of hydrogen-bond donors (Lipinski definition) is 0. The molecule has 2 rings (SSSR count). The third-order valence-electron chi connectivity index (χ3n) is 3.72. The minimum atomic E-state index is 0.226. The van der Waals surface area contributed by atoms with Gasteiger partial charge in [0, 0.05) is 51.7 Å². The summed E-state index contributed by atoms with van der Waals surface area (Å²) in [5, 5.41) is 0.900. The number of thioether (sulfide) groups is 1. The van der Waals surface area contributed by atoms with Crippen LogP contribution in [0.25, 0.3) is 0 Å². The van der Waals surface area contributed by atoms with E-state index in [1.807, 2.05) is 22.7 Å². The Morgan fingerprint density at radius 1 is 1.35 bits per heavy atom. The van der Waals surface area contributed by atoms with Gasteiger partial charge in [-0.1, -0.05) is 11.8 Å². The molecule has 1 aromatic heterocycles. The van der Waals surface area contributed by atoms with Crippen LogP contribution in [-0.2, 0) is 11.8 Å². The lowest BCUT2D eigenvalue weighted by atomic mass is 10.3. The van der Waals surface area contributed by atoms with Gasteiger partial charge in [0.15, 0.2) is 5.16 Å². The van der Waals surface area contributed by atoms with Crippen LogP contribution in [0, 0.1) is 0 Å². The fraction of sp³-hybridized carbons (Fsp3) is 0.714. The van der Waals surface area contributed by atoms with Crippen LogP contribution in [0.15, 0.2) is 17.6 Å². The monoisotopic (exact) mass is 296 g/mol. The average Bonchev–Trinajstić information content (AvgIpc) is 2.67. The Labute approximate surface area is 125 Å². The maximum atomic E-state index is 12.3. The molecule has 1 amide bonds. The van der Waals surface area contributed by atoms with Crippen LogP contribution in [0.4, 0.5) is 0 Å². The van der Waals surface area contributed by atoms with E-state index in [0.29, 0.717) is 11.8 Å². The topological polar surface area (TPSA) is 41.4 Å². The molecule has 2 heterocycles. The largest absolute Gasteiger partial charge is 0.341 e. The number of imidazole rings is 1. The summed E-state index contributed by atoms with van der Waals surface area (Å²) in [4.78, 5) is 21.0. The zero-order chi connectivity index (χ0) is 14.5. The maximum Gasteiger partial charge on any atom is 0.233 e. The van der Waals surface area contributed by atoms with E-state index in [1.165, 1.54) is 11.8 Å². The number of aryl methyl sites for hydroxylation is 1. The second-order valence-electron chi connectivity index (χ2n) is 5.47. The van der Waals surface area contributed by atoms with Gasteiger partial charge in [-0.25, -0.2) is 4.98 Å². The zero-order valence-corrected chi connectivity index (χ0v) is 13.4. The Bertz CT molecular complexity index is 446. The van der Waals surface area contributed by atoms with Crippen molar-refractivity contribution in [2.75, 3.05) is 31.9 Å². The molecule has 0 saturated carbocycles. The first-order valence-electron chi connectivity index (χ1n) is 7.20. The third-order valence-corrected chi connectivity index (χ3v) is 4.76. The fourth-order valence-corrected chi connectivity index (χ4v) is 3.25. The molecule has 0 aliphatic carbocycles. The van der Waals surface area contributed by atoms with Gasteiger partial charge in [0.2, 0.25) is 5.91 Å². The van der Waals surface area contributed by atoms with Gasteiger partial charge in [-0.05, 0) is 20.3 Å². The highest BCUT2D eigenvalue weighted by Gasteiger charge is 2.20. The van der Waals surface area contributed by atoms with E-state index in [2.05, 4.69) is 23.7 Å². The number of carbonyl (C=O) groups is 1. The van der Waals surface area contributed by atoms with E-state index < -0.39 is 0 Å². The molecule has 0 unspecified atom stereocenters. The molecule has 0 bridgehead atoms. The lowest BCUT2D eigenvalue weighted by Crippen LogP contribution is -2.38. The Balaban J connectivity index is 1.82. The van der Waals surface area contributed by atoms with Gasteiger partial charge in [0.05, 0.1) is 5.75 Å². The summed E-state index contributed by atoms with van der Waals surface area (Å²) in [6.07, 6.45) is 4.73. The number of carbonyl (C=O) groups excluding carboxylic acids is 1. The lowest BCUT2D eigenvalue weighted by molar-refractivity contribution is -0.128.